The molecule has 2 heterocycles. The van der Waals surface area contributed by atoms with Crippen molar-refractivity contribution in [2.75, 3.05) is 13.7 Å². The van der Waals surface area contributed by atoms with Gasteiger partial charge in [-0.25, -0.2) is 9.18 Å². The predicted octanol–water partition coefficient (Wildman–Crippen LogP) is 3.71. The minimum atomic E-state index is -0.375. The zero-order valence-corrected chi connectivity index (χ0v) is 16.1. The molecule has 1 N–H and O–H groups in total. The first-order chi connectivity index (χ1) is 14.0. The van der Waals surface area contributed by atoms with Gasteiger partial charge in [-0.15, -0.1) is 0 Å². The van der Waals surface area contributed by atoms with Gasteiger partial charge in [-0.05, 0) is 54.3 Å². The number of carbonyl (C=O) groups excluding carboxylic acids is 2. The lowest BCUT2D eigenvalue weighted by molar-refractivity contribution is -0.133. The number of esters is 1. The normalized spacial score (nSPS) is 17.9. The fourth-order valence-electron chi connectivity index (χ4n) is 4.71. The molecule has 5 rings (SSSR count). The third-order valence-corrected chi connectivity index (χ3v) is 6.19. The van der Waals surface area contributed by atoms with E-state index in [4.69, 9.17) is 4.74 Å². The van der Waals surface area contributed by atoms with Crippen LogP contribution in [0.15, 0.2) is 36.4 Å². The van der Waals surface area contributed by atoms with Crippen molar-refractivity contribution in [1.82, 2.24) is 9.88 Å². The predicted molar refractivity (Wildman–Crippen MR) is 106 cm³/mol. The van der Waals surface area contributed by atoms with Gasteiger partial charge in [0.15, 0.2) is 0 Å². The number of methoxy groups -OCH3 is 1. The van der Waals surface area contributed by atoms with Crippen molar-refractivity contribution in [3.63, 3.8) is 0 Å². The Balaban J connectivity index is 1.45. The summed E-state index contributed by atoms with van der Waals surface area (Å²) in [5.74, 6) is -0.734. The summed E-state index contributed by atoms with van der Waals surface area (Å²) in [6.45, 7) is 1.15. The van der Waals surface area contributed by atoms with Crippen LogP contribution >= 0.6 is 0 Å². The highest BCUT2D eigenvalue weighted by atomic mass is 19.1. The second-order valence-corrected chi connectivity index (χ2v) is 7.78. The lowest BCUT2D eigenvalue weighted by Crippen LogP contribution is -2.38. The molecular formula is C23H21FN2O3. The highest BCUT2D eigenvalue weighted by Gasteiger charge is 2.34. The van der Waals surface area contributed by atoms with Gasteiger partial charge in [-0.1, -0.05) is 6.07 Å². The van der Waals surface area contributed by atoms with E-state index in [0.717, 1.165) is 52.5 Å². The SMILES string of the molecule is COC(=O)c1ccc2[nH]c3c(c2c1)CN(C(=O)C1CCc2cc(F)ccc21)CC3. The van der Waals surface area contributed by atoms with Gasteiger partial charge in [0.2, 0.25) is 5.91 Å². The van der Waals surface area contributed by atoms with Gasteiger partial charge in [0.1, 0.15) is 5.82 Å². The van der Waals surface area contributed by atoms with Gasteiger partial charge in [0.25, 0.3) is 0 Å². The number of carbonyl (C=O) groups is 2. The third-order valence-electron chi connectivity index (χ3n) is 6.19. The fraction of sp³-hybridized carbons (Fsp3) is 0.304. The number of halogens is 1. The highest BCUT2D eigenvalue weighted by molar-refractivity contribution is 5.96. The number of aromatic amines is 1. The van der Waals surface area contributed by atoms with Crippen LogP contribution in [-0.2, 0) is 28.9 Å². The van der Waals surface area contributed by atoms with Crippen molar-refractivity contribution >= 4 is 22.8 Å². The van der Waals surface area contributed by atoms with Crippen LogP contribution in [0.3, 0.4) is 0 Å². The second-order valence-electron chi connectivity index (χ2n) is 7.78. The maximum absolute atomic E-state index is 13.5. The summed E-state index contributed by atoms with van der Waals surface area (Å²) in [5.41, 5.74) is 5.52. The summed E-state index contributed by atoms with van der Waals surface area (Å²) in [4.78, 5) is 30.5. The number of aryl methyl sites for hydroxylation is 1. The summed E-state index contributed by atoms with van der Waals surface area (Å²) in [6.07, 6.45) is 2.20. The summed E-state index contributed by atoms with van der Waals surface area (Å²) in [5, 5.41) is 0.953. The molecule has 1 aliphatic carbocycles. The zero-order valence-electron chi connectivity index (χ0n) is 16.1. The number of nitrogens with zero attached hydrogens (tertiary/aromatic N) is 1. The number of hydrogen-bond acceptors (Lipinski definition) is 3. The van der Waals surface area contributed by atoms with E-state index in [-0.39, 0.29) is 23.6 Å². The fourth-order valence-corrected chi connectivity index (χ4v) is 4.71. The molecule has 2 aromatic carbocycles. The molecule has 1 amide bonds. The van der Waals surface area contributed by atoms with E-state index in [1.165, 1.54) is 13.2 Å². The number of aromatic nitrogens is 1. The molecule has 29 heavy (non-hydrogen) atoms. The number of ether oxygens (including phenoxy) is 1. The van der Waals surface area contributed by atoms with Crippen LogP contribution in [-0.4, -0.2) is 35.4 Å². The minimum absolute atomic E-state index is 0.0967. The molecule has 0 saturated heterocycles. The largest absolute Gasteiger partial charge is 0.465 e. The van der Waals surface area contributed by atoms with E-state index in [1.807, 2.05) is 17.0 Å². The zero-order chi connectivity index (χ0) is 20.1. The van der Waals surface area contributed by atoms with Gasteiger partial charge < -0.3 is 14.6 Å². The number of nitrogens with one attached hydrogen (secondary N) is 1. The Morgan fingerprint density at radius 1 is 1.17 bits per heavy atom. The Morgan fingerprint density at radius 2 is 2.03 bits per heavy atom. The van der Waals surface area contributed by atoms with Crippen LogP contribution in [0.1, 0.15) is 45.1 Å². The van der Waals surface area contributed by atoms with Gasteiger partial charge >= 0.3 is 5.97 Å². The lowest BCUT2D eigenvalue weighted by atomic mass is 9.97. The number of rotatable bonds is 2. The second kappa shape index (κ2) is 6.72. The van der Waals surface area contributed by atoms with Crippen LogP contribution in [0.2, 0.25) is 0 Å². The van der Waals surface area contributed by atoms with Crippen molar-refractivity contribution in [1.29, 1.82) is 0 Å². The number of H-pyrrole nitrogens is 1. The molecule has 1 aliphatic heterocycles. The molecule has 1 unspecified atom stereocenters. The van der Waals surface area contributed by atoms with Gasteiger partial charge in [0, 0.05) is 41.7 Å². The maximum Gasteiger partial charge on any atom is 0.337 e. The van der Waals surface area contributed by atoms with Crippen LogP contribution in [0.5, 0.6) is 0 Å². The number of fused-ring (bicyclic) bond motifs is 4. The molecule has 6 heteroatoms. The van der Waals surface area contributed by atoms with Crippen LogP contribution < -0.4 is 0 Å². The monoisotopic (exact) mass is 392 g/mol. The van der Waals surface area contributed by atoms with Crippen LogP contribution in [0.4, 0.5) is 4.39 Å². The summed E-state index contributed by atoms with van der Waals surface area (Å²) in [6, 6.07) is 10.2. The molecule has 1 aromatic heterocycles. The van der Waals surface area contributed by atoms with E-state index in [1.54, 1.807) is 18.2 Å². The Hall–Kier alpha value is -3.15. The number of amides is 1. The number of hydrogen-bond donors (Lipinski definition) is 1. The first-order valence-corrected chi connectivity index (χ1v) is 9.84. The van der Waals surface area contributed by atoms with E-state index in [0.29, 0.717) is 18.7 Å². The Kier molecular flexibility index (Phi) is 4.15. The van der Waals surface area contributed by atoms with Crippen molar-refractivity contribution in [3.8, 4) is 0 Å². The molecule has 0 saturated carbocycles. The van der Waals surface area contributed by atoms with Crippen molar-refractivity contribution in [2.45, 2.75) is 31.7 Å². The van der Waals surface area contributed by atoms with Crippen molar-refractivity contribution in [3.05, 3.63) is 70.2 Å². The molecule has 3 aromatic rings. The summed E-state index contributed by atoms with van der Waals surface area (Å²) >= 11 is 0. The standard InChI is InChI=1S/C23H21FN2O3/c1-29-23(28)14-3-7-20-18(11-14)19-12-26(9-8-21(19)25-20)22(27)17-5-2-13-10-15(24)4-6-16(13)17/h3-4,6-7,10-11,17,25H,2,5,8-9,12H2,1H3. The number of benzene rings is 2. The van der Waals surface area contributed by atoms with Crippen molar-refractivity contribution < 1.29 is 18.7 Å². The third kappa shape index (κ3) is 2.90. The first kappa shape index (κ1) is 17.9. The molecule has 0 radical (unpaired) electrons. The molecule has 148 valence electrons. The van der Waals surface area contributed by atoms with E-state index >= 15 is 0 Å². The molecule has 0 bridgehead atoms. The van der Waals surface area contributed by atoms with E-state index < -0.39 is 0 Å². The van der Waals surface area contributed by atoms with Gasteiger partial charge in [-0.2, -0.15) is 0 Å². The first-order valence-electron chi connectivity index (χ1n) is 9.84. The van der Waals surface area contributed by atoms with E-state index in [9.17, 15) is 14.0 Å². The lowest BCUT2D eigenvalue weighted by Gasteiger charge is -2.30. The topological polar surface area (TPSA) is 62.4 Å². The maximum atomic E-state index is 13.5. The van der Waals surface area contributed by atoms with Gasteiger partial charge in [-0.3, -0.25) is 4.79 Å². The van der Waals surface area contributed by atoms with Crippen LogP contribution in [0, 0.1) is 5.82 Å². The molecule has 2 aliphatic rings. The molecule has 0 fully saturated rings. The molecular weight excluding hydrogens is 371 g/mol. The summed E-state index contributed by atoms with van der Waals surface area (Å²) in [7, 11) is 1.37. The van der Waals surface area contributed by atoms with Crippen molar-refractivity contribution in [2.24, 2.45) is 0 Å². The van der Waals surface area contributed by atoms with Gasteiger partial charge in [0.05, 0.1) is 18.6 Å². The Labute approximate surface area is 167 Å². The quantitative estimate of drug-likeness (QED) is 0.677. The average molecular weight is 392 g/mol. The summed E-state index contributed by atoms with van der Waals surface area (Å²) < 4.78 is 18.3. The Bertz CT molecular complexity index is 1150. The average Bonchev–Trinajstić information content (AvgIpc) is 3.32. The minimum Gasteiger partial charge on any atom is -0.465 e. The molecule has 0 spiro atoms. The smallest absolute Gasteiger partial charge is 0.337 e. The van der Waals surface area contributed by atoms with E-state index in [2.05, 4.69) is 4.98 Å². The van der Waals surface area contributed by atoms with Crippen LogP contribution in [0.25, 0.3) is 10.9 Å². The molecule has 1 atom stereocenters. The Morgan fingerprint density at radius 3 is 2.86 bits per heavy atom. The highest BCUT2D eigenvalue weighted by Crippen LogP contribution is 2.37. The molecule has 5 nitrogen and oxygen atoms in total.